The van der Waals surface area contributed by atoms with Crippen LogP contribution in [-0.2, 0) is 19.4 Å². The molecule has 2 fully saturated rings. The van der Waals surface area contributed by atoms with Crippen LogP contribution >= 0.6 is 11.8 Å². The molecule has 0 aromatic carbocycles. The molecule has 3 amide bonds. The third-order valence-corrected chi connectivity index (χ3v) is 6.01. The van der Waals surface area contributed by atoms with Crippen molar-refractivity contribution in [3.63, 3.8) is 0 Å². The Bertz CT molecular complexity index is 530. The molecule has 0 aromatic heterocycles. The van der Waals surface area contributed by atoms with Gasteiger partial charge in [0, 0.05) is 19.5 Å². The van der Waals surface area contributed by atoms with Crippen molar-refractivity contribution in [3.8, 4) is 0 Å². The summed E-state index contributed by atoms with van der Waals surface area (Å²) in [7, 11) is -1.52. The van der Waals surface area contributed by atoms with E-state index in [0.29, 0.717) is 6.42 Å². The van der Waals surface area contributed by atoms with Crippen molar-refractivity contribution < 1.29 is 22.8 Å². The SMILES string of the molecule is CN(C(=O)CC1SC(=O)NC1=O)C1CCS(=O)(=O)C1. The number of carbonyl (C=O) groups excluding carboxylic acids is 3. The van der Waals surface area contributed by atoms with Gasteiger partial charge >= 0.3 is 0 Å². The molecule has 2 unspecified atom stereocenters. The molecule has 19 heavy (non-hydrogen) atoms. The summed E-state index contributed by atoms with van der Waals surface area (Å²) in [6.07, 6.45) is 0.336. The Morgan fingerprint density at radius 3 is 2.63 bits per heavy atom. The summed E-state index contributed by atoms with van der Waals surface area (Å²) in [6.45, 7) is 0. The molecule has 9 heteroatoms. The molecule has 0 saturated carbocycles. The summed E-state index contributed by atoms with van der Waals surface area (Å²) in [5.74, 6) is -0.717. The molecule has 2 rings (SSSR count). The van der Waals surface area contributed by atoms with Gasteiger partial charge in [-0.15, -0.1) is 0 Å². The molecule has 2 saturated heterocycles. The summed E-state index contributed by atoms with van der Waals surface area (Å²) < 4.78 is 22.7. The molecule has 2 aliphatic heterocycles. The van der Waals surface area contributed by atoms with Gasteiger partial charge < -0.3 is 4.90 Å². The zero-order valence-electron chi connectivity index (χ0n) is 10.3. The molecular weight excluding hydrogens is 292 g/mol. The van der Waals surface area contributed by atoms with Crippen molar-refractivity contribution in [1.82, 2.24) is 10.2 Å². The van der Waals surface area contributed by atoms with Gasteiger partial charge in [-0.3, -0.25) is 19.7 Å². The summed E-state index contributed by atoms with van der Waals surface area (Å²) in [5, 5.41) is 0.954. The summed E-state index contributed by atoms with van der Waals surface area (Å²) in [6, 6.07) is -0.331. The van der Waals surface area contributed by atoms with E-state index in [1.165, 1.54) is 11.9 Å². The number of amides is 3. The predicted octanol–water partition coefficient (Wildman–Crippen LogP) is -0.626. The van der Waals surface area contributed by atoms with Crippen LogP contribution < -0.4 is 5.32 Å². The number of sulfone groups is 1. The minimum atomic E-state index is -3.05. The lowest BCUT2D eigenvalue weighted by Crippen LogP contribution is -2.40. The molecule has 0 bridgehead atoms. The minimum Gasteiger partial charge on any atom is -0.342 e. The molecule has 0 radical (unpaired) electrons. The van der Waals surface area contributed by atoms with Gasteiger partial charge in [0.25, 0.3) is 5.24 Å². The van der Waals surface area contributed by atoms with Gasteiger partial charge in [-0.05, 0) is 6.42 Å². The highest BCUT2D eigenvalue weighted by molar-refractivity contribution is 8.15. The summed E-state index contributed by atoms with van der Waals surface area (Å²) in [5.41, 5.74) is 0. The zero-order chi connectivity index (χ0) is 14.2. The highest BCUT2D eigenvalue weighted by atomic mass is 32.2. The van der Waals surface area contributed by atoms with Crippen molar-refractivity contribution in [1.29, 1.82) is 0 Å². The van der Waals surface area contributed by atoms with Gasteiger partial charge in [0.1, 0.15) is 5.25 Å². The first-order valence-corrected chi connectivity index (χ1v) is 8.46. The first-order chi connectivity index (χ1) is 8.78. The van der Waals surface area contributed by atoms with Crippen molar-refractivity contribution in [2.24, 2.45) is 0 Å². The molecule has 0 aromatic rings. The van der Waals surface area contributed by atoms with E-state index in [9.17, 15) is 22.8 Å². The molecule has 1 N–H and O–H groups in total. The predicted molar refractivity (Wildman–Crippen MR) is 69.4 cm³/mol. The number of nitrogens with one attached hydrogen (secondary N) is 1. The second-order valence-corrected chi connectivity index (χ2v) is 8.05. The number of imide groups is 1. The van der Waals surface area contributed by atoms with Crippen LogP contribution in [0.4, 0.5) is 4.79 Å². The van der Waals surface area contributed by atoms with Crippen LogP contribution in [0.5, 0.6) is 0 Å². The van der Waals surface area contributed by atoms with Gasteiger partial charge in [0.15, 0.2) is 9.84 Å². The molecular formula is C10H14N2O5S2. The van der Waals surface area contributed by atoms with Crippen LogP contribution in [0.3, 0.4) is 0 Å². The lowest BCUT2D eigenvalue weighted by Gasteiger charge is -2.24. The van der Waals surface area contributed by atoms with Gasteiger partial charge in [0.05, 0.1) is 11.5 Å². The van der Waals surface area contributed by atoms with E-state index < -0.39 is 26.2 Å². The third-order valence-electron chi connectivity index (χ3n) is 3.28. The van der Waals surface area contributed by atoms with Gasteiger partial charge in [0.2, 0.25) is 11.8 Å². The standard InChI is InChI=1S/C10H14N2O5S2/c1-12(6-2-3-19(16,17)5-6)8(13)4-7-9(14)11-10(15)18-7/h6-7H,2-5H2,1H3,(H,11,14,15). The highest BCUT2D eigenvalue weighted by Crippen LogP contribution is 2.24. The Balaban J connectivity index is 1.93. The van der Waals surface area contributed by atoms with Crippen LogP contribution in [0.1, 0.15) is 12.8 Å². The number of rotatable bonds is 3. The van der Waals surface area contributed by atoms with Crippen molar-refractivity contribution >= 4 is 38.7 Å². The molecule has 0 aliphatic carbocycles. The number of hydrogen-bond acceptors (Lipinski definition) is 6. The molecule has 2 heterocycles. The van der Waals surface area contributed by atoms with Crippen LogP contribution in [0.25, 0.3) is 0 Å². The maximum Gasteiger partial charge on any atom is 0.286 e. The average molecular weight is 306 g/mol. The average Bonchev–Trinajstić information content (AvgIpc) is 2.81. The minimum absolute atomic E-state index is 0.0296. The molecule has 2 aliphatic rings. The van der Waals surface area contributed by atoms with Crippen LogP contribution in [0.15, 0.2) is 0 Å². The van der Waals surface area contributed by atoms with Gasteiger partial charge in [-0.1, -0.05) is 11.8 Å². The highest BCUT2D eigenvalue weighted by Gasteiger charge is 2.37. The Labute approximate surface area is 115 Å². The van der Waals surface area contributed by atoms with Crippen LogP contribution in [-0.4, -0.2) is 60.2 Å². The Kier molecular flexibility index (Phi) is 3.86. The van der Waals surface area contributed by atoms with E-state index in [2.05, 4.69) is 5.32 Å². The summed E-state index contributed by atoms with van der Waals surface area (Å²) in [4.78, 5) is 35.7. The number of nitrogens with zero attached hydrogens (tertiary/aromatic N) is 1. The lowest BCUT2D eigenvalue weighted by atomic mass is 10.2. The molecule has 2 atom stereocenters. The fourth-order valence-electron chi connectivity index (χ4n) is 2.11. The third kappa shape index (κ3) is 3.27. The van der Waals surface area contributed by atoms with Crippen molar-refractivity contribution in [3.05, 3.63) is 0 Å². The van der Waals surface area contributed by atoms with E-state index in [4.69, 9.17) is 0 Å². The van der Waals surface area contributed by atoms with Gasteiger partial charge in [-0.2, -0.15) is 0 Å². The molecule has 0 spiro atoms. The number of carbonyl (C=O) groups is 3. The van der Waals surface area contributed by atoms with Crippen LogP contribution in [0, 0.1) is 0 Å². The number of hydrogen-bond donors (Lipinski definition) is 1. The lowest BCUT2D eigenvalue weighted by molar-refractivity contribution is -0.133. The number of thioether (sulfide) groups is 1. The van der Waals surface area contributed by atoms with E-state index >= 15 is 0 Å². The monoisotopic (exact) mass is 306 g/mol. The maximum absolute atomic E-state index is 12.0. The first-order valence-electron chi connectivity index (χ1n) is 5.76. The zero-order valence-corrected chi connectivity index (χ0v) is 11.9. The van der Waals surface area contributed by atoms with E-state index in [1.54, 1.807) is 0 Å². The fourth-order valence-corrected chi connectivity index (χ4v) is 4.70. The first kappa shape index (κ1) is 14.3. The fraction of sp³-hybridized carbons (Fsp3) is 0.700. The van der Waals surface area contributed by atoms with E-state index in [-0.39, 0.29) is 29.9 Å². The van der Waals surface area contributed by atoms with Crippen molar-refractivity contribution in [2.45, 2.75) is 24.1 Å². The van der Waals surface area contributed by atoms with Crippen LogP contribution in [0.2, 0.25) is 0 Å². The smallest absolute Gasteiger partial charge is 0.286 e. The van der Waals surface area contributed by atoms with E-state index in [1.807, 2.05) is 0 Å². The Hall–Kier alpha value is -1.09. The Morgan fingerprint density at radius 1 is 1.47 bits per heavy atom. The summed E-state index contributed by atoms with van der Waals surface area (Å²) >= 11 is 0.796. The molecule has 106 valence electrons. The maximum atomic E-state index is 12.0. The quantitative estimate of drug-likeness (QED) is 0.745. The molecule has 7 nitrogen and oxygen atoms in total. The topological polar surface area (TPSA) is 101 Å². The normalized spacial score (nSPS) is 29.3. The van der Waals surface area contributed by atoms with E-state index in [0.717, 1.165) is 11.8 Å². The Morgan fingerprint density at radius 2 is 2.16 bits per heavy atom. The second-order valence-electron chi connectivity index (χ2n) is 4.65. The second kappa shape index (κ2) is 5.12. The van der Waals surface area contributed by atoms with Crippen molar-refractivity contribution in [2.75, 3.05) is 18.6 Å². The van der Waals surface area contributed by atoms with Gasteiger partial charge in [-0.25, -0.2) is 8.42 Å². The largest absolute Gasteiger partial charge is 0.342 e.